The van der Waals surface area contributed by atoms with Gasteiger partial charge in [-0.15, -0.1) is 0 Å². The summed E-state index contributed by atoms with van der Waals surface area (Å²) < 4.78 is 0. The van der Waals surface area contributed by atoms with E-state index in [9.17, 15) is 4.79 Å². The van der Waals surface area contributed by atoms with Crippen molar-refractivity contribution in [3.63, 3.8) is 0 Å². The Morgan fingerprint density at radius 1 is 1.26 bits per heavy atom. The van der Waals surface area contributed by atoms with Crippen molar-refractivity contribution in [1.82, 2.24) is 15.0 Å². The molecule has 3 rings (SSSR count). The number of benzene rings is 1. The quantitative estimate of drug-likeness (QED) is 0.566. The number of fused-ring (bicyclic) bond motifs is 1. The number of hydrogen-bond acceptors (Lipinski definition) is 6. The van der Waals surface area contributed by atoms with E-state index in [1.54, 1.807) is 13.1 Å². The topological polar surface area (TPSA) is 93.8 Å². The summed E-state index contributed by atoms with van der Waals surface area (Å²) in [4.78, 5) is 24.7. The Balaban J connectivity index is 2.06. The number of nitrogens with two attached hydrogens (primary N) is 1. The summed E-state index contributed by atoms with van der Waals surface area (Å²) in [5.74, 6) is -0.141. The fourth-order valence-electron chi connectivity index (χ4n) is 2.31. The van der Waals surface area contributed by atoms with E-state index in [0.29, 0.717) is 22.2 Å². The molecule has 0 aliphatic rings. The van der Waals surface area contributed by atoms with Gasteiger partial charge < -0.3 is 11.1 Å². The summed E-state index contributed by atoms with van der Waals surface area (Å²) in [5.41, 5.74) is 8.04. The van der Waals surface area contributed by atoms with Gasteiger partial charge in [-0.2, -0.15) is 0 Å². The third-order valence-corrected chi connectivity index (χ3v) is 3.91. The van der Waals surface area contributed by atoms with Crippen LogP contribution < -0.4 is 11.1 Å². The maximum atomic E-state index is 11.7. The van der Waals surface area contributed by atoms with Crippen LogP contribution in [0.15, 0.2) is 41.7 Å². The number of thioether (sulfide) groups is 1. The van der Waals surface area contributed by atoms with E-state index in [1.165, 1.54) is 11.8 Å². The van der Waals surface area contributed by atoms with Gasteiger partial charge in [0, 0.05) is 17.3 Å². The molecule has 0 spiro atoms. The van der Waals surface area contributed by atoms with Gasteiger partial charge in [0.05, 0.1) is 11.2 Å². The average Bonchev–Trinajstić information content (AvgIpc) is 2.53. The number of carbonyl (C=O) groups excluding carboxylic acids is 1. The Labute approximate surface area is 137 Å². The van der Waals surface area contributed by atoms with Crippen LogP contribution in [-0.2, 0) is 0 Å². The lowest BCUT2D eigenvalue weighted by Crippen LogP contribution is -2.17. The molecule has 2 heterocycles. The third kappa shape index (κ3) is 3.09. The first-order chi connectivity index (χ1) is 11.1. The number of primary amides is 1. The summed E-state index contributed by atoms with van der Waals surface area (Å²) in [7, 11) is 0. The van der Waals surface area contributed by atoms with Crippen molar-refractivity contribution in [2.24, 2.45) is 5.73 Å². The predicted octanol–water partition coefficient (Wildman–Crippen LogP) is 2.90. The maximum Gasteiger partial charge on any atom is 0.254 e. The maximum absolute atomic E-state index is 11.7. The monoisotopic (exact) mass is 325 g/mol. The van der Waals surface area contributed by atoms with Gasteiger partial charge in [-0.1, -0.05) is 17.8 Å². The van der Waals surface area contributed by atoms with E-state index < -0.39 is 5.91 Å². The summed E-state index contributed by atoms with van der Waals surface area (Å²) in [5, 5.41) is 4.74. The number of hydrogen-bond donors (Lipinski definition) is 2. The molecule has 0 fully saturated rings. The van der Waals surface area contributed by atoms with Crippen LogP contribution in [0.25, 0.3) is 10.9 Å². The molecule has 0 saturated carbocycles. The molecule has 0 unspecified atom stereocenters. The molecule has 0 radical (unpaired) electrons. The predicted molar refractivity (Wildman–Crippen MR) is 92.1 cm³/mol. The Morgan fingerprint density at radius 2 is 2.09 bits per heavy atom. The summed E-state index contributed by atoms with van der Waals surface area (Å²) in [6.07, 6.45) is 3.63. The van der Waals surface area contributed by atoms with Crippen molar-refractivity contribution in [2.75, 3.05) is 11.6 Å². The molecule has 0 atom stereocenters. The Bertz CT molecular complexity index is 897. The molecule has 0 aliphatic carbocycles. The zero-order chi connectivity index (χ0) is 16.4. The molecule has 2 aromatic heterocycles. The number of anilines is 2. The Morgan fingerprint density at radius 3 is 2.83 bits per heavy atom. The van der Waals surface area contributed by atoms with E-state index in [1.807, 2.05) is 36.6 Å². The van der Waals surface area contributed by atoms with Crippen LogP contribution in [0.2, 0.25) is 0 Å². The molecule has 116 valence electrons. The standard InChI is InChI=1S/C16H15N5OS/c1-9-13(14(17)22)15(21-16(19-9)23-2)20-11-5-6-12-10(8-11)4-3-7-18-12/h3-8H,1-2H3,(H2,17,22)(H,19,20,21). The number of carbonyl (C=O) groups is 1. The van der Waals surface area contributed by atoms with Crippen molar-refractivity contribution in [3.05, 3.63) is 47.8 Å². The molecule has 7 heteroatoms. The van der Waals surface area contributed by atoms with E-state index in [0.717, 1.165) is 16.6 Å². The van der Waals surface area contributed by atoms with Crippen molar-refractivity contribution < 1.29 is 4.79 Å². The van der Waals surface area contributed by atoms with Crippen LogP contribution >= 0.6 is 11.8 Å². The molecule has 23 heavy (non-hydrogen) atoms. The minimum absolute atomic E-state index is 0.300. The second kappa shape index (κ2) is 6.21. The molecule has 1 amide bonds. The van der Waals surface area contributed by atoms with Crippen molar-refractivity contribution >= 4 is 40.1 Å². The Kier molecular flexibility index (Phi) is 4.12. The second-order valence-electron chi connectivity index (χ2n) is 4.92. The molecular formula is C16H15N5OS. The van der Waals surface area contributed by atoms with Crippen molar-refractivity contribution in [3.8, 4) is 0 Å². The number of aryl methyl sites for hydroxylation is 1. The lowest BCUT2D eigenvalue weighted by molar-refractivity contribution is 0.0999. The average molecular weight is 325 g/mol. The number of rotatable bonds is 4. The minimum atomic E-state index is -0.555. The first-order valence-electron chi connectivity index (χ1n) is 6.92. The number of nitrogens with one attached hydrogen (secondary N) is 1. The second-order valence-corrected chi connectivity index (χ2v) is 5.69. The zero-order valence-corrected chi connectivity index (χ0v) is 13.5. The molecular weight excluding hydrogens is 310 g/mol. The van der Waals surface area contributed by atoms with Gasteiger partial charge in [0.15, 0.2) is 5.16 Å². The summed E-state index contributed by atoms with van der Waals surface area (Å²) in [6.45, 7) is 1.75. The minimum Gasteiger partial charge on any atom is -0.365 e. The fraction of sp³-hybridized carbons (Fsp3) is 0.125. The summed E-state index contributed by atoms with van der Waals surface area (Å²) in [6, 6.07) is 9.59. The molecule has 3 N–H and O–H groups in total. The molecule has 6 nitrogen and oxygen atoms in total. The van der Waals surface area contributed by atoms with E-state index in [-0.39, 0.29) is 0 Å². The number of nitrogens with zero attached hydrogens (tertiary/aromatic N) is 3. The van der Waals surface area contributed by atoms with E-state index in [2.05, 4.69) is 20.3 Å². The van der Waals surface area contributed by atoms with Gasteiger partial charge in [0.2, 0.25) is 0 Å². The SMILES string of the molecule is CSc1nc(C)c(C(N)=O)c(Nc2ccc3ncccc3c2)n1. The Hall–Kier alpha value is -2.67. The highest BCUT2D eigenvalue weighted by atomic mass is 32.2. The van der Waals surface area contributed by atoms with Gasteiger partial charge in [-0.25, -0.2) is 9.97 Å². The first kappa shape index (κ1) is 15.2. The van der Waals surface area contributed by atoms with Crippen molar-refractivity contribution in [2.45, 2.75) is 12.1 Å². The van der Waals surface area contributed by atoms with Crippen LogP contribution in [0.1, 0.15) is 16.1 Å². The van der Waals surface area contributed by atoms with Gasteiger partial charge in [-0.05, 0) is 37.4 Å². The van der Waals surface area contributed by atoms with Gasteiger partial charge >= 0.3 is 0 Å². The fourth-order valence-corrected chi connectivity index (χ4v) is 2.72. The van der Waals surface area contributed by atoms with Gasteiger partial charge in [-0.3, -0.25) is 9.78 Å². The third-order valence-electron chi connectivity index (χ3n) is 3.36. The molecule has 3 aromatic rings. The van der Waals surface area contributed by atoms with Gasteiger partial charge in [0.1, 0.15) is 11.4 Å². The van der Waals surface area contributed by atoms with Crippen LogP contribution in [0, 0.1) is 6.92 Å². The van der Waals surface area contributed by atoms with Crippen LogP contribution in [0.4, 0.5) is 11.5 Å². The van der Waals surface area contributed by atoms with E-state index in [4.69, 9.17) is 5.73 Å². The number of amides is 1. The summed E-state index contributed by atoms with van der Waals surface area (Å²) >= 11 is 1.41. The first-order valence-corrected chi connectivity index (χ1v) is 8.15. The molecule has 0 aliphatic heterocycles. The molecule has 0 bridgehead atoms. The zero-order valence-electron chi connectivity index (χ0n) is 12.7. The van der Waals surface area contributed by atoms with Gasteiger partial charge in [0.25, 0.3) is 5.91 Å². The van der Waals surface area contributed by atoms with Crippen LogP contribution in [-0.4, -0.2) is 27.1 Å². The lowest BCUT2D eigenvalue weighted by Gasteiger charge is -2.12. The lowest BCUT2D eigenvalue weighted by atomic mass is 10.1. The molecule has 1 aromatic carbocycles. The smallest absolute Gasteiger partial charge is 0.254 e. The van der Waals surface area contributed by atoms with E-state index >= 15 is 0 Å². The normalized spacial score (nSPS) is 10.7. The van der Waals surface area contributed by atoms with Crippen molar-refractivity contribution in [1.29, 1.82) is 0 Å². The highest BCUT2D eigenvalue weighted by molar-refractivity contribution is 7.98. The highest BCUT2D eigenvalue weighted by Gasteiger charge is 2.16. The number of pyridine rings is 1. The van der Waals surface area contributed by atoms with Crippen LogP contribution in [0.3, 0.4) is 0 Å². The molecule has 0 saturated heterocycles. The number of aromatic nitrogens is 3. The van der Waals surface area contributed by atoms with Crippen LogP contribution in [0.5, 0.6) is 0 Å². The largest absolute Gasteiger partial charge is 0.365 e. The highest BCUT2D eigenvalue weighted by Crippen LogP contribution is 2.25.